The maximum atomic E-state index is 5.37. The molecule has 0 radical (unpaired) electrons. The van der Waals surface area contributed by atoms with Crippen LogP contribution in [0.25, 0.3) is 10.6 Å². The number of aromatic nitrogens is 2. The van der Waals surface area contributed by atoms with Gasteiger partial charge in [0, 0.05) is 5.92 Å². The van der Waals surface area contributed by atoms with E-state index in [2.05, 4.69) is 24.0 Å². The minimum Gasteiger partial charge on any atom is -0.496 e. The van der Waals surface area contributed by atoms with Crippen LogP contribution >= 0.6 is 11.3 Å². The summed E-state index contributed by atoms with van der Waals surface area (Å²) >= 11 is 1.57. The van der Waals surface area contributed by atoms with Gasteiger partial charge in [0.15, 0.2) is 5.01 Å². The molecule has 0 saturated carbocycles. The summed E-state index contributed by atoms with van der Waals surface area (Å²) in [6, 6.07) is 5.69. The predicted molar refractivity (Wildman–Crippen MR) is 72.5 cm³/mol. The van der Waals surface area contributed by atoms with Gasteiger partial charge in [-0.1, -0.05) is 31.3 Å². The third-order valence-corrected chi connectivity index (χ3v) is 3.82. The fraction of sp³-hybridized carbons (Fsp3) is 0.385. The maximum absolute atomic E-state index is 5.37. The first-order valence-electron chi connectivity index (χ1n) is 5.72. The van der Waals surface area contributed by atoms with E-state index in [0.717, 1.165) is 27.1 Å². The number of hydrogen-bond acceptors (Lipinski definition) is 5. The van der Waals surface area contributed by atoms with Gasteiger partial charge in [-0.15, -0.1) is 10.2 Å². The molecule has 2 aromatic rings. The Morgan fingerprint density at radius 3 is 2.11 bits per heavy atom. The average Bonchev–Trinajstić information content (AvgIpc) is 2.87. The molecule has 1 heterocycles. The highest BCUT2D eigenvalue weighted by molar-refractivity contribution is 7.14. The molecule has 0 N–H and O–H groups in total. The normalized spacial score (nSPS) is 10.7. The van der Waals surface area contributed by atoms with Crippen molar-refractivity contribution >= 4 is 11.3 Å². The Kier molecular flexibility index (Phi) is 3.81. The number of benzene rings is 1. The van der Waals surface area contributed by atoms with Gasteiger partial charge in [0.05, 0.1) is 19.8 Å². The summed E-state index contributed by atoms with van der Waals surface area (Å²) in [6.45, 7) is 4.20. The maximum Gasteiger partial charge on any atom is 0.155 e. The minimum absolute atomic E-state index is 0.372. The van der Waals surface area contributed by atoms with Crippen molar-refractivity contribution < 1.29 is 9.47 Å². The van der Waals surface area contributed by atoms with Crippen molar-refractivity contribution in [1.82, 2.24) is 10.2 Å². The van der Waals surface area contributed by atoms with Crippen molar-refractivity contribution in [3.8, 4) is 22.1 Å². The van der Waals surface area contributed by atoms with Gasteiger partial charge in [0.2, 0.25) is 0 Å². The molecule has 0 amide bonds. The lowest BCUT2D eigenvalue weighted by atomic mass is 10.2. The zero-order chi connectivity index (χ0) is 13.1. The third-order valence-electron chi connectivity index (χ3n) is 2.58. The molecule has 0 unspecified atom stereocenters. The minimum atomic E-state index is 0.372. The quantitative estimate of drug-likeness (QED) is 0.849. The lowest BCUT2D eigenvalue weighted by Crippen LogP contribution is -1.92. The molecular weight excluding hydrogens is 248 g/mol. The Morgan fingerprint density at radius 2 is 1.67 bits per heavy atom. The van der Waals surface area contributed by atoms with Crippen molar-refractivity contribution in [3.05, 3.63) is 23.2 Å². The van der Waals surface area contributed by atoms with Crippen molar-refractivity contribution in [2.75, 3.05) is 14.2 Å². The highest BCUT2D eigenvalue weighted by atomic mass is 32.1. The van der Waals surface area contributed by atoms with E-state index in [4.69, 9.17) is 9.47 Å². The molecule has 1 aromatic carbocycles. The van der Waals surface area contributed by atoms with Crippen LogP contribution < -0.4 is 9.47 Å². The summed E-state index contributed by atoms with van der Waals surface area (Å²) in [5.41, 5.74) is 0.867. The summed E-state index contributed by atoms with van der Waals surface area (Å²) in [6.07, 6.45) is 0. The first-order valence-corrected chi connectivity index (χ1v) is 6.53. The number of rotatable bonds is 4. The second-order valence-corrected chi connectivity index (χ2v) is 5.15. The van der Waals surface area contributed by atoms with E-state index in [1.54, 1.807) is 25.6 Å². The van der Waals surface area contributed by atoms with Crippen LogP contribution in [-0.4, -0.2) is 24.4 Å². The molecule has 0 aliphatic heterocycles. The Bertz CT molecular complexity index is 515. The Labute approximate surface area is 111 Å². The smallest absolute Gasteiger partial charge is 0.155 e. The Hall–Kier alpha value is -1.62. The monoisotopic (exact) mass is 264 g/mol. The highest BCUT2D eigenvalue weighted by Gasteiger charge is 2.17. The average molecular weight is 264 g/mol. The lowest BCUT2D eigenvalue weighted by molar-refractivity contribution is 0.397. The largest absolute Gasteiger partial charge is 0.496 e. The van der Waals surface area contributed by atoms with E-state index in [9.17, 15) is 0 Å². The molecule has 5 heteroatoms. The van der Waals surface area contributed by atoms with Crippen LogP contribution in [0.2, 0.25) is 0 Å². The molecule has 4 nitrogen and oxygen atoms in total. The predicted octanol–water partition coefficient (Wildman–Crippen LogP) is 3.35. The molecule has 0 aliphatic carbocycles. The Morgan fingerprint density at radius 1 is 1.06 bits per heavy atom. The molecule has 0 bridgehead atoms. The molecule has 18 heavy (non-hydrogen) atoms. The van der Waals surface area contributed by atoms with Gasteiger partial charge in [-0.25, -0.2) is 0 Å². The summed E-state index contributed by atoms with van der Waals surface area (Å²) in [4.78, 5) is 0. The standard InChI is InChI=1S/C13H16N2O2S/c1-8(2)12-14-15-13(18-12)11-9(16-3)6-5-7-10(11)17-4/h5-8H,1-4H3. The van der Waals surface area contributed by atoms with Gasteiger partial charge in [-0.2, -0.15) is 0 Å². The van der Waals surface area contributed by atoms with Crippen molar-refractivity contribution in [2.45, 2.75) is 19.8 Å². The Balaban J connectivity index is 2.54. The second-order valence-electron chi connectivity index (χ2n) is 4.14. The first-order chi connectivity index (χ1) is 8.67. The van der Waals surface area contributed by atoms with Gasteiger partial charge in [0.1, 0.15) is 16.5 Å². The number of nitrogens with zero attached hydrogens (tertiary/aromatic N) is 2. The zero-order valence-corrected chi connectivity index (χ0v) is 11.7. The summed E-state index contributed by atoms with van der Waals surface area (Å²) in [7, 11) is 3.28. The number of hydrogen-bond donors (Lipinski definition) is 0. The van der Waals surface area contributed by atoms with E-state index in [1.165, 1.54) is 0 Å². The highest BCUT2D eigenvalue weighted by Crippen LogP contribution is 2.40. The number of methoxy groups -OCH3 is 2. The molecule has 96 valence electrons. The fourth-order valence-electron chi connectivity index (χ4n) is 1.63. The van der Waals surface area contributed by atoms with Crippen molar-refractivity contribution in [1.29, 1.82) is 0 Å². The molecule has 2 rings (SSSR count). The summed E-state index contributed by atoms with van der Waals surface area (Å²) in [5.74, 6) is 1.87. The van der Waals surface area contributed by atoms with E-state index in [-0.39, 0.29) is 0 Å². The van der Waals surface area contributed by atoms with Crippen LogP contribution in [0.1, 0.15) is 24.8 Å². The SMILES string of the molecule is COc1cccc(OC)c1-c1nnc(C(C)C)s1. The summed E-state index contributed by atoms with van der Waals surface area (Å²) < 4.78 is 10.7. The van der Waals surface area contributed by atoms with Crippen LogP contribution in [0, 0.1) is 0 Å². The zero-order valence-electron chi connectivity index (χ0n) is 10.9. The topological polar surface area (TPSA) is 44.2 Å². The van der Waals surface area contributed by atoms with Gasteiger partial charge in [-0.05, 0) is 12.1 Å². The van der Waals surface area contributed by atoms with Crippen molar-refractivity contribution in [2.24, 2.45) is 0 Å². The van der Waals surface area contributed by atoms with Gasteiger partial charge < -0.3 is 9.47 Å². The molecular formula is C13H16N2O2S. The van der Waals surface area contributed by atoms with Crippen LogP contribution in [0.15, 0.2) is 18.2 Å². The second kappa shape index (κ2) is 5.35. The fourth-order valence-corrected chi connectivity index (χ4v) is 2.53. The van der Waals surface area contributed by atoms with Crippen LogP contribution in [0.5, 0.6) is 11.5 Å². The molecule has 1 aromatic heterocycles. The molecule has 0 spiro atoms. The van der Waals surface area contributed by atoms with Crippen LogP contribution in [0.3, 0.4) is 0 Å². The van der Waals surface area contributed by atoms with Gasteiger partial charge in [0.25, 0.3) is 0 Å². The summed E-state index contributed by atoms with van der Waals surface area (Å²) in [5, 5.41) is 10.3. The third kappa shape index (κ3) is 2.31. The molecule has 0 aliphatic rings. The lowest BCUT2D eigenvalue weighted by Gasteiger charge is -2.10. The van der Waals surface area contributed by atoms with E-state index >= 15 is 0 Å². The van der Waals surface area contributed by atoms with Crippen molar-refractivity contribution in [3.63, 3.8) is 0 Å². The van der Waals surface area contributed by atoms with Crippen LogP contribution in [0.4, 0.5) is 0 Å². The van der Waals surface area contributed by atoms with Crippen LogP contribution in [-0.2, 0) is 0 Å². The first kappa shape index (κ1) is 12.8. The molecule has 0 atom stereocenters. The van der Waals surface area contributed by atoms with Gasteiger partial charge >= 0.3 is 0 Å². The molecule has 0 fully saturated rings. The van der Waals surface area contributed by atoms with E-state index in [1.807, 2.05) is 18.2 Å². The molecule has 0 saturated heterocycles. The van der Waals surface area contributed by atoms with Gasteiger partial charge in [-0.3, -0.25) is 0 Å². The van der Waals surface area contributed by atoms with E-state index in [0.29, 0.717) is 5.92 Å². The number of ether oxygens (including phenoxy) is 2. The van der Waals surface area contributed by atoms with E-state index < -0.39 is 0 Å².